The van der Waals surface area contributed by atoms with E-state index in [4.69, 9.17) is 4.74 Å². The van der Waals surface area contributed by atoms with Crippen molar-refractivity contribution < 1.29 is 4.74 Å². The molecule has 108 valence electrons. The Labute approximate surface area is 124 Å². The molecule has 1 aliphatic heterocycles. The predicted octanol–water partition coefficient (Wildman–Crippen LogP) is 2.31. The Morgan fingerprint density at radius 1 is 1.47 bits per heavy atom. The molecular weight excluding hydrogens is 278 g/mol. The maximum absolute atomic E-state index is 5.45. The number of methoxy groups -OCH3 is 1. The van der Waals surface area contributed by atoms with E-state index in [1.54, 1.807) is 13.3 Å². The lowest BCUT2D eigenvalue weighted by Gasteiger charge is -2.36. The van der Waals surface area contributed by atoms with Gasteiger partial charge in [0.05, 0.1) is 25.0 Å². The van der Waals surface area contributed by atoms with Gasteiger partial charge >= 0.3 is 0 Å². The number of hydrogen-bond acceptors (Lipinski definition) is 5. The number of ether oxygens (including phenoxy) is 1. The Bertz CT molecular complexity index is 424. The van der Waals surface area contributed by atoms with Crippen molar-refractivity contribution in [2.45, 2.75) is 35.6 Å². The molecule has 1 aromatic rings. The van der Waals surface area contributed by atoms with Gasteiger partial charge in [0.1, 0.15) is 0 Å². The van der Waals surface area contributed by atoms with Gasteiger partial charge < -0.3 is 10.1 Å². The molecule has 0 radical (unpaired) electrons. The van der Waals surface area contributed by atoms with Crippen LogP contribution in [0.15, 0.2) is 6.20 Å². The Hall–Kier alpha value is -0.330. The highest BCUT2D eigenvalue weighted by Gasteiger charge is 2.34. The van der Waals surface area contributed by atoms with Gasteiger partial charge in [0, 0.05) is 28.6 Å². The molecule has 1 N–H and O–H groups in total. The monoisotopic (exact) mass is 301 g/mol. The standard InChI is InChI=1S/C13H23N3OS2/c1-8-9(2)19-11(7-18-8)12(14-3)13-10(17-5)6-15-16(13)4/h6,8-9,11-12,14H,7H2,1-5H3. The van der Waals surface area contributed by atoms with Gasteiger partial charge in [-0.1, -0.05) is 13.8 Å². The summed E-state index contributed by atoms with van der Waals surface area (Å²) in [5.41, 5.74) is 1.14. The highest BCUT2D eigenvalue weighted by atomic mass is 32.2. The summed E-state index contributed by atoms with van der Waals surface area (Å²) in [5.74, 6) is 2.04. The third kappa shape index (κ3) is 3.06. The molecule has 0 saturated carbocycles. The van der Waals surface area contributed by atoms with Crippen molar-refractivity contribution in [3.05, 3.63) is 11.9 Å². The van der Waals surface area contributed by atoms with Crippen LogP contribution in [-0.2, 0) is 7.05 Å². The van der Waals surface area contributed by atoms with Gasteiger partial charge in [-0.2, -0.15) is 28.6 Å². The van der Waals surface area contributed by atoms with E-state index in [0.29, 0.717) is 10.5 Å². The van der Waals surface area contributed by atoms with E-state index >= 15 is 0 Å². The molecule has 2 heterocycles. The summed E-state index contributed by atoms with van der Waals surface area (Å²) in [6.07, 6.45) is 1.80. The predicted molar refractivity (Wildman–Crippen MR) is 84.3 cm³/mol. The largest absolute Gasteiger partial charge is 0.493 e. The fourth-order valence-corrected chi connectivity index (χ4v) is 5.55. The number of aromatic nitrogens is 2. The molecular formula is C13H23N3OS2. The average molecular weight is 301 g/mol. The summed E-state index contributed by atoms with van der Waals surface area (Å²) in [4.78, 5) is 0. The minimum atomic E-state index is 0.273. The van der Waals surface area contributed by atoms with Gasteiger partial charge in [-0.15, -0.1) is 0 Å². The summed E-state index contributed by atoms with van der Waals surface area (Å²) in [6.45, 7) is 4.64. The van der Waals surface area contributed by atoms with Crippen molar-refractivity contribution in [2.75, 3.05) is 19.9 Å². The second-order valence-corrected chi connectivity index (χ2v) is 7.94. The molecule has 4 atom stereocenters. The van der Waals surface area contributed by atoms with Gasteiger partial charge in [-0.3, -0.25) is 4.68 Å². The highest BCUT2D eigenvalue weighted by molar-refractivity contribution is 8.07. The molecule has 0 amide bonds. The molecule has 0 aliphatic carbocycles. The van der Waals surface area contributed by atoms with Gasteiger partial charge in [0.25, 0.3) is 0 Å². The quantitative estimate of drug-likeness (QED) is 0.924. The lowest BCUT2D eigenvalue weighted by molar-refractivity contribution is 0.397. The molecule has 6 heteroatoms. The summed E-state index contributed by atoms with van der Waals surface area (Å²) in [5, 5.41) is 9.73. The Kier molecular flexibility index (Phi) is 5.09. The molecule has 19 heavy (non-hydrogen) atoms. The van der Waals surface area contributed by atoms with Crippen LogP contribution in [0.25, 0.3) is 0 Å². The maximum atomic E-state index is 5.45. The van der Waals surface area contributed by atoms with Gasteiger partial charge in [0.15, 0.2) is 5.75 Å². The number of thioether (sulfide) groups is 2. The summed E-state index contributed by atoms with van der Waals surface area (Å²) in [6, 6.07) is 0.273. The fourth-order valence-electron chi connectivity index (χ4n) is 2.42. The topological polar surface area (TPSA) is 39.1 Å². The molecule has 0 spiro atoms. The molecule has 1 aromatic heterocycles. The molecule has 1 fully saturated rings. The number of hydrogen-bond donors (Lipinski definition) is 1. The SMILES string of the molecule is CNC(c1c(OC)cnn1C)C1CSC(C)C(C)S1. The molecule has 0 bridgehead atoms. The van der Waals surface area contributed by atoms with Crippen molar-refractivity contribution in [2.24, 2.45) is 7.05 Å². The summed E-state index contributed by atoms with van der Waals surface area (Å²) in [7, 11) is 5.71. The molecule has 4 nitrogen and oxygen atoms in total. The van der Waals surface area contributed by atoms with Crippen LogP contribution in [0.5, 0.6) is 5.75 Å². The number of rotatable bonds is 4. The third-order valence-corrected chi connectivity index (χ3v) is 7.22. The lowest BCUT2D eigenvalue weighted by Crippen LogP contribution is -2.36. The van der Waals surface area contributed by atoms with Crippen molar-refractivity contribution in [1.29, 1.82) is 0 Å². The van der Waals surface area contributed by atoms with Crippen LogP contribution in [0.4, 0.5) is 0 Å². The first-order valence-corrected chi connectivity index (χ1v) is 8.57. The lowest BCUT2D eigenvalue weighted by atomic mass is 10.1. The molecule has 0 aromatic carbocycles. The number of nitrogens with one attached hydrogen (secondary N) is 1. The van der Waals surface area contributed by atoms with Crippen LogP contribution in [0.3, 0.4) is 0 Å². The van der Waals surface area contributed by atoms with E-state index in [-0.39, 0.29) is 6.04 Å². The second kappa shape index (κ2) is 6.41. The highest BCUT2D eigenvalue weighted by Crippen LogP contribution is 2.42. The fraction of sp³-hybridized carbons (Fsp3) is 0.769. The summed E-state index contributed by atoms with van der Waals surface area (Å²) < 4.78 is 7.37. The van der Waals surface area contributed by atoms with E-state index < -0.39 is 0 Å². The van der Waals surface area contributed by atoms with Crippen LogP contribution >= 0.6 is 23.5 Å². The van der Waals surface area contributed by atoms with Crippen LogP contribution < -0.4 is 10.1 Å². The smallest absolute Gasteiger partial charge is 0.161 e. The first-order valence-electron chi connectivity index (χ1n) is 6.58. The Morgan fingerprint density at radius 3 is 2.79 bits per heavy atom. The van der Waals surface area contributed by atoms with E-state index in [0.717, 1.165) is 22.4 Å². The van der Waals surface area contributed by atoms with E-state index in [1.165, 1.54) is 0 Å². The zero-order valence-corrected chi connectivity index (χ0v) is 13.8. The van der Waals surface area contributed by atoms with Gasteiger partial charge in [0.2, 0.25) is 0 Å². The third-order valence-electron chi connectivity index (χ3n) is 3.72. The maximum Gasteiger partial charge on any atom is 0.161 e. The number of aryl methyl sites for hydroxylation is 1. The van der Waals surface area contributed by atoms with Gasteiger partial charge in [-0.05, 0) is 7.05 Å². The molecule has 1 aliphatic rings. The van der Waals surface area contributed by atoms with Crippen molar-refractivity contribution in [1.82, 2.24) is 15.1 Å². The normalized spacial score (nSPS) is 29.2. The average Bonchev–Trinajstić information content (AvgIpc) is 2.76. The molecule has 4 unspecified atom stereocenters. The zero-order chi connectivity index (χ0) is 14.0. The summed E-state index contributed by atoms with van der Waals surface area (Å²) >= 11 is 4.14. The van der Waals surface area contributed by atoms with Crippen LogP contribution in [0, 0.1) is 0 Å². The second-order valence-electron chi connectivity index (χ2n) is 4.91. The number of nitrogens with zero attached hydrogens (tertiary/aromatic N) is 2. The van der Waals surface area contributed by atoms with Crippen molar-refractivity contribution in [3.63, 3.8) is 0 Å². The van der Waals surface area contributed by atoms with E-state index in [1.807, 2.05) is 18.8 Å². The van der Waals surface area contributed by atoms with Crippen molar-refractivity contribution in [3.8, 4) is 5.75 Å². The van der Waals surface area contributed by atoms with E-state index in [2.05, 4.69) is 47.8 Å². The minimum Gasteiger partial charge on any atom is -0.493 e. The first kappa shape index (κ1) is 15.1. The van der Waals surface area contributed by atoms with Crippen LogP contribution in [-0.4, -0.2) is 45.4 Å². The van der Waals surface area contributed by atoms with Crippen LogP contribution in [0.1, 0.15) is 25.6 Å². The minimum absolute atomic E-state index is 0.273. The van der Waals surface area contributed by atoms with Crippen molar-refractivity contribution >= 4 is 23.5 Å². The molecule has 2 rings (SSSR count). The van der Waals surface area contributed by atoms with Crippen LogP contribution in [0.2, 0.25) is 0 Å². The van der Waals surface area contributed by atoms with Gasteiger partial charge in [-0.25, -0.2) is 0 Å². The first-order chi connectivity index (χ1) is 9.08. The Morgan fingerprint density at radius 2 is 2.21 bits per heavy atom. The molecule has 1 saturated heterocycles. The van der Waals surface area contributed by atoms with E-state index in [9.17, 15) is 0 Å². The Balaban J connectivity index is 2.22. The zero-order valence-electron chi connectivity index (χ0n) is 12.2.